The Bertz CT molecular complexity index is 448. The summed E-state index contributed by atoms with van der Waals surface area (Å²) in [7, 11) is 4.22. The van der Waals surface area contributed by atoms with Crippen molar-refractivity contribution in [3.05, 3.63) is 29.6 Å². The molecule has 0 aliphatic carbocycles. The third kappa shape index (κ3) is 4.17. The molecule has 1 aliphatic heterocycles. The lowest BCUT2D eigenvalue weighted by Crippen LogP contribution is -2.45. The molecule has 1 aromatic carbocycles. The molecule has 1 N–H and O–H groups in total. The van der Waals surface area contributed by atoms with E-state index in [-0.39, 0.29) is 5.82 Å². The second-order valence-electron chi connectivity index (χ2n) is 6.13. The highest BCUT2D eigenvalue weighted by molar-refractivity contribution is 5.55. The van der Waals surface area contributed by atoms with Crippen molar-refractivity contribution in [3.63, 3.8) is 0 Å². The third-order valence-corrected chi connectivity index (χ3v) is 4.26. The lowest BCUT2D eigenvalue weighted by atomic mass is 10.0. The van der Waals surface area contributed by atoms with E-state index in [4.69, 9.17) is 0 Å². The highest BCUT2D eigenvalue weighted by Crippen LogP contribution is 2.28. The molecule has 0 radical (unpaired) electrons. The third-order valence-electron chi connectivity index (χ3n) is 4.26. The SMILES string of the molecule is CCCNCc1cccc(F)c1N1CCCC(N(C)C)C1. The Balaban J connectivity index is 2.16. The number of hydrogen-bond acceptors (Lipinski definition) is 3. The number of anilines is 1. The van der Waals surface area contributed by atoms with Crippen molar-refractivity contribution in [2.24, 2.45) is 0 Å². The fourth-order valence-electron chi connectivity index (χ4n) is 3.04. The average Bonchev–Trinajstić information content (AvgIpc) is 2.48. The van der Waals surface area contributed by atoms with Gasteiger partial charge in [-0.05, 0) is 51.5 Å². The number of benzene rings is 1. The van der Waals surface area contributed by atoms with Gasteiger partial charge in [-0.25, -0.2) is 4.39 Å². The molecule has 0 bridgehead atoms. The van der Waals surface area contributed by atoms with E-state index in [2.05, 4.69) is 36.1 Å². The fourth-order valence-corrected chi connectivity index (χ4v) is 3.04. The summed E-state index contributed by atoms with van der Waals surface area (Å²) in [4.78, 5) is 4.48. The van der Waals surface area contributed by atoms with E-state index in [1.807, 2.05) is 12.1 Å². The summed E-state index contributed by atoms with van der Waals surface area (Å²) >= 11 is 0. The van der Waals surface area contributed by atoms with Crippen molar-refractivity contribution in [2.45, 2.75) is 38.8 Å². The van der Waals surface area contributed by atoms with Crippen LogP contribution in [0.25, 0.3) is 0 Å². The van der Waals surface area contributed by atoms with Crippen LogP contribution in [0.5, 0.6) is 0 Å². The quantitative estimate of drug-likeness (QED) is 0.814. The Morgan fingerprint density at radius 3 is 2.90 bits per heavy atom. The summed E-state index contributed by atoms with van der Waals surface area (Å²) in [6.45, 7) is 5.72. The fraction of sp³-hybridized carbons (Fsp3) is 0.647. The predicted molar refractivity (Wildman–Crippen MR) is 87.3 cm³/mol. The van der Waals surface area contributed by atoms with E-state index in [1.165, 1.54) is 6.42 Å². The zero-order valence-corrected chi connectivity index (χ0v) is 13.5. The van der Waals surface area contributed by atoms with Crippen molar-refractivity contribution < 1.29 is 4.39 Å². The van der Waals surface area contributed by atoms with Gasteiger partial charge in [0.1, 0.15) is 5.82 Å². The average molecular weight is 293 g/mol. The Kier molecular flexibility index (Phi) is 6.00. The molecule has 3 nitrogen and oxygen atoms in total. The first-order valence-electron chi connectivity index (χ1n) is 8.03. The largest absolute Gasteiger partial charge is 0.367 e. The number of likely N-dealkylation sites (N-methyl/N-ethyl adjacent to an activating group) is 1. The topological polar surface area (TPSA) is 18.5 Å². The summed E-state index contributed by atoms with van der Waals surface area (Å²) in [5.41, 5.74) is 1.87. The molecule has 1 aromatic rings. The molecule has 0 spiro atoms. The van der Waals surface area contributed by atoms with Gasteiger partial charge in [-0.2, -0.15) is 0 Å². The zero-order valence-electron chi connectivity index (χ0n) is 13.5. The molecule has 0 amide bonds. The molecule has 1 atom stereocenters. The van der Waals surface area contributed by atoms with Crippen LogP contribution in [0.15, 0.2) is 18.2 Å². The minimum Gasteiger partial charge on any atom is -0.367 e. The van der Waals surface area contributed by atoms with Crippen molar-refractivity contribution in [3.8, 4) is 0 Å². The summed E-state index contributed by atoms with van der Waals surface area (Å²) in [5, 5.41) is 3.39. The molecule has 118 valence electrons. The normalized spacial score (nSPS) is 19.3. The van der Waals surface area contributed by atoms with Crippen LogP contribution in [-0.2, 0) is 6.54 Å². The van der Waals surface area contributed by atoms with E-state index in [1.54, 1.807) is 6.07 Å². The molecule has 2 rings (SSSR count). The molecular formula is C17H28FN3. The minimum atomic E-state index is -0.0924. The predicted octanol–water partition coefficient (Wildman–Crippen LogP) is 2.86. The molecule has 0 aromatic heterocycles. The molecule has 1 fully saturated rings. The number of para-hydroxylation sites is 1. The molecule has 1 saturated heterocycles. The van der Waals surface area contributed by atoms with Crippen molar-refractivity contribution >= 4 is 5.69 Å². The van der Waals surface area contributed by atoms with E-state index >= 15 is 0 Å². The first kappa shape index (κ1) is 16.2. The van der Waals surface area contributed by atoms with Gasteiger partial charge in [-0.3, -0.25) is 0 Å². The Morgan fingerprint density at radius 2 is 2.19 bits per heavy atom. The molecule has 21 heavy (non-hydrogen) atoms. The number of halogens is 1. The monoisotopic (exact) mass is 293 g/mol. The van der Waals surface area contributed by atoms with Gasteiger partial charge in [0.2, 0.25) is 0 Å². The summed E-state index contributed by atoms with van der Waals surface area (Å²) < 4.78 is 14.4. The van der Waals surface area contributed by atoms with Gasteiger partial charge in [0, 0.05) is 25.7 Å². The Morgan fingerprint density at radius 1 is 1.38 bits per heavy atom. The lowest BCUT2D eigenvalue weighted by molar-refractivity contribution is 0.257. The molecule has 4 heteroatoms. The highest BCUT2D eigenvalue weighted by atomic mass is 19.1. The van der Waals surface area contributed by atoms with Crippen LogP contribution in [0.4, 0.5) is 10.1 Å². The van der Waals surface area contributed by atoms with Crippen molar-refractivity contribution in [1.82, 2.24) is 10.2 Å². The van der Waals surface area contributed by atoms with Crippen LogP contribution in [-0.4, -0.2) is 44.7 Å². The number of nitrogens with zero attached hydrogens (tertiary/aromatic N) is 2. The molecule has 0 saturated carbocycles. The standard InChI is InChI=1S/C17H28FN3/c1-4-10-19-12-14-7-5-9-16(18)17(14)21-11-6-8-15(13-21)20(2)3/h5,7,9,15,19H,4,6,8,10-13H2,1-3H3. The number of rotatable bonds is 6. The van der Waals surface area contributed by atoms with E-state index in [0.29, 0.717) is 6.04 Å². The maximum absolute atomic E-state index is 14.4. The summed E-state index contributed by atoms with van der Waals surface area (Å²) in [6, 6.07) is 5.95. The maximum atomic E-state index is 14.4. The van der Waals surface area contributed by atoms with Gasteiger partial charge < -0.3 is 15.1 Å². The van der Waals surface area contributed by atoms with Crippen LogP contribution in [0.1, 0.15) is 31.7 Å². The number of piperidine rings is 1. The van der Waals surface area contributed by atoms with Crippen LogP contribution in [0, 0.1) is 5.82 Å². The molecule has 1 unspecified atom stereocenters. The zero-order chi connectivity index (χ0) is 15.2. The Labute approximate surface area is 128 Å². The first-order valence-corrected chi connectivity index (χ1v) is 8.03. The van der Waals surface area contributed by atoms with E-state index in [0.717, 1.165) is 50.3 Å². The number of nitrogens with one attached hydrogen (secondary N) is 1. The van der Waals surface area contributed by atoms with Crippen molar-refractivity contribution in [2.75, 3.05) is 38.6 Å². The Hall–Kier alpha value is -1.13. The molecular weight excluding hydrogens is 265 g/mol. The number of hydrogen-bond donors (Lipinski definition) is 1. The van der Waals surface area contributed by atoms with E-state index < -0.39 is 0 Å². The van der Waals surface area contributed by atoms with Gasteiger partial charge in [-0.1, -0.05) is 19.1 Å². The summed E-state index contributed by atoms with van der Waals surface area (Å²) in [6.07, 6.45) is 3.41. The summed E-state index contributed by atoms with van der Waals surface area (Å²) in [5.74, 6) is -0.0924. The smallest absolute Gasteiger partial charge is 0.146 e. The lowest BCUT2D eigenvalue weighted by Gasteiger charge is -2.38. The first-order chi connectivity index (χ1) is 10.1. The van der Waals surface area contributed by atoms with E-state index in [9.17, 15) is 4.39 Å². The van der Waals surface area contributed by atoms with Crippen LogP contribution in [0.2, 0.25) is 0 Å². The van der Waals surface area contributed by atoms with Crippen LogP contribution >= 0.6 is 0 Å². The maximum Gasteiger partial charge on any atom is 0.146 e. The molecule has 1 aliphatic rings. The second-order valence-corrected chi connectivity index (χ2v) is 6.13. The van der Waals surface area contributed by atoms with Crippen LogP contribution < -0.4 is 10.2 Å². The van der Waals surface area contributed by atoms with Crippen LogP contribution in [0.3, 0.4) is 0 Å². The highest BCUT2D eigenvalue weighted by Gasteiger charge is 2.24. The van der Waals surface area contributed by atoms with Gasteiger partial charge in [0.05, 0.1) is 5.69 Å². The minimum absolute atomic E-state index is 0.0924. The second kappa shape index (κ2) is 7.76. The van der Waals surface area contributed by atoms with Gasteiger partial charge in [0.15, 0.2) is 0 Å². The molecule has 1 heterocycles. The van der Waals surface area contributed by atoms with Crippen molar-refractivity contribution in [1.29, 1.82) is 0 Å². The van der Waals surface area contributed by atoms with Gasteiger partial charge in [-0.15, -0.1) is 0 Å². The van der Waals surface area contributed by atoms with Gasteiger partial charge >= 0.3 is 0 Å². The van der Waals surface area contributed by atoms with Gasteiger partial charge in [0.25, 0.3) is 0 Å².